The summed E-state index contributed by atoms with van der Waals surface area (Å²) < 4.78 is 40.2. The van der Waals surface area contributed by atoms with Crippen LogP contribution >= 0.6 is 27.5 Å². The Morgan fingerprint density at radius 1 is 1.20 bits per heavy atom. The van der Waals surface area contributed by atoms with Crippen LogP contribution in [0.1, 0.15) is 0 Å². The van der Waals surface area contributed by atoms with Gasteiger partial charge in [0.05, 0.1) is 21.3 Å². The standard InChI is InChI=1S/C12H9BrClFN2O2S/c13-9-3-1-7(15)5-12(9)17-20(18,19)8-2-4-10(14)11(16)6-8/h1-6,17H,16H2. The first kappa shape index (κ1) is 15.1. The van der Waals surface area contributed by atoms with Crippen molar-refractivity contribution in [3.63, 3.8) is 0 Å². The second kappa shape index (κ2) is 5.59. The number of nitrogen functional groups attached to an aromatic ring is 1. The molecule has 0 aliphatic carbocycles. The van der Waals surface area contributed by atoms with Gasteiger partial charge in [0.2, 0.25) is 0 Å². The number of nitrogens with one attached hydrogen (secondary N) is 1. The lowest BCUT2D eigenvalue weighted by Crippen LogP contribution is -2.13. The van der Waals surface area contributed by atoms with Crippen molar-refractivity contribution in [1.29, 1.82) is 0 Å². The Morgan fingerprint density at radius 3 is 2.55 bits per heavy atom. The topological polar surface area (TPSA) is 72.2 Å². The molecule has 0 unspecified atom stereocenters. The van der Waals surface area contributed by atoms with Crippen LogP contribution in [-0.2, 0) is 10.0 Å². The molecule has 20 heavy (non-hydrogen) atoms. The number of sulfonamides is 1. The van der Waals surface area contributed by atoms with Gasteiger partial charge in [-0.05, 0) is 52.3 Å². The molecule has 0 aliphatic rings. The van der Waals surface area contributed by atoms with Crippen LogP contribution < -0.4 is 10.5 Å². The molecule has 0 fully saturated rings. The van der Waals surface area contributed by atoms with Crippen LogP contribution in [0.4, 0.5) is 15.8 Å². The van der Waals surface area contributed by atoms with Crippen molar-refractivity contribution in [3.8, 4) is 0 Å². The van der Waals surface area contributed by atoms with E-state index in [1.54, 1.807) is 0 Å². The van der Waals surface area contributed by atoms with E-state index in [4.69, 9.17) is 17.3 Å². The van der Waals surface area contributed by atoms with E-state index >= 15 is 0 Å². The van der Waals surface area contributed by atoms with Crippen molar-refractivity contribution in [2.75, 3.05) is 10.5 Å². The van der Waals surface area contributed by atoms with Gasteiger partial charge in [-0.3, -0.25) is 4.72 Å². The van der Waals surface area contributed by atoms with Gasteiger partial charge in [0.15, 0.2) is 0 Å². The van der Waals surface area contributed by atoms with E-state index in [1.165, 1.54) is 30.3 Å². The van der Waals surface area contributed by atoms with Gasteiger partial charge in [0.1, 0.15) is 5.82 Å². The minimum absolute atomic E-state index is 0.0597. The highest BCUT2D eigenvalue weighted by Crippen LogP contribution is 2.27. The zero-order chi connectivity index (χ0) is 14.9. The molecule has 0 atom stereocenters. The molecule has 0 amide bonds. The third kappa shape index (κ3) is 3.23. The zero-order valence-corrected chi connectivity index (χ0v) is 13.1. The van der Waals surface area contributed by atoms with Crippen molar-refractivity contribution in [1.82, 2.24) is 0 Å². The molecule has 0 heterocycles. The lowest BCUT2D eigenvalue weighted by atomic mass is 10.3. The van der Waals surface area contributed by atoms with Crippen LogP contribution in [0.5, 0.6) is 0 Å². The molecular formula is C12H9BrClFN2O2S. The first-order valence-electron chi connectivity index (χ1n) is 5.32. The van der Waals surface area contributed by atoms with Crippen LogP contribution in [-0.4, -0.2) is 8.42 Å². The average Bonchev–Trinajstić information content (AvgIpc) is 2.36. The SMILES string of the molecule is Nc1cc(S(=O)(=O)Nc2cc(F)ccc2Br)ccc1Cl. The zero-order valence-electron chi connectivity index (χ0n) is 9.90. The second-order valence-corrected chi connectivity index (χ2v) is 6.86. The lowest BCUT2D eigenvalue weighted by molar-refractivity contribution is 0.601. The Bertz CT molecular complexity index is 768. The smallest absolute Gasteiger partial charge is 0.262 e. The fourth-order valence-electron chi connectivity index (χ4n) is 1.47. The van der Waals surface area contributed by atoms with Crippen LogP contribution in [0, 0.1) is 5.82 Å². The van der Waals surface area contributed by atoms with Gasteiger partial charge in [-0.1, -0.05) is 11.6 Å². The van der Waals surface area contributed by atoms with E-state index in [2.05, 4.69) is 20.7 Å². The van der Waals surface area contributed by atoms with Gasteiger partial charge in [-0.15, -0.1) is 0 Å². The number of hydrogen-bond acceptors (Lipinski definition) is 3. The van der Waals surface area contributed by atoms with E-state index in [9.17, 15) is 12.8 Å². The van der Waals surface area contributed by atoms with Crippen molar-refractivity contribution in [2.24, 2.45) is 0 Å². The third-order valence-corrected chi connectivity index (χ3v) is 4.85. The van der Waals surface area contributed by atoms with Gasteiger partial charge in [0.25, 0.3) is 10.0 Å². The monoisotopic (exact) mass is 378 g/mol. The maximum Gasteiger partial charge on any atom is 0.262 e. The fraction of sp³-hybridized carbons (Fsp3) is 0. The summed E-state index contributed by atoms with van der Waals surface area (Å²) in [7, 11) is -3.88. The molecule has 0 spiro atoms. The summed E-state index contributed by atoms with van der Waals surface area (Å²) in [6.07, 6.45) is 0. The summed E-state index contributed by atoms with van der Waals surface area (Å²) in [4.78, 5) is -0.0597. The number of rotatable bonds is 3. The van der Waals surface area contributed by atoms with Crippen LogP contribution in [0.2, 0.25) is 5.02 Å². The van der Waals surface area contributed by atoms with Crippen molar-refractivity contribution in [2.45, 2.75) is 4.90 Å². The normalized spacial score (nSPS) is 11.3. The van der Waals surface area contributed by atoms with E-state index < -0.39 is 15.8 Å². The number of halogens is 3. The summed E-state index contributed by atoms with van der Waals surface area (Å²) in [5.41, 5.74) is 5.81. The first-order valence-corrected chi connectivity index (χ1v) is 7.98. The lowest BCUT2D eigenvalue weighted by Gasteiger charge is -2.10. The predicted molar refractivity (Wildman–Crippen MR) is 80.8 cm³/mol. The molecule has 0 saturated carbocycles. The average molecular weight is 380 g/mol. The van der Waals surface area contributed by atoms with Gasteiger partial charge < -0.3 is 5.73 Å². The molecular weight excluding hydrogens is 371 g/mol. The maximum absolute atomic E-state index is 13.1. The summed E-state index contributed by atoms with van der Waals surface area (Å²) in [6, 6.07) is 7.62. The van der Waals surface area contributed by atoms with Crippen LogP contribution in [0.15, 0.2) is 45.8 Å². The van der Waals surface area contributed by atoms with Gasteiger partial charge in [0, 0.05) is 4.47 Å². The van der Waals surface area contributed by atoms with E-state index in [0.717, 1.165) is 6.07 Å². The molecule has 2 aromatic carbocycles. The van der Waals surface area contributed by atoms with Gasteiger partial charge in [-0.25, -0.2) is 12.8 Å². The number of benzene rings is 2. The van der Waals surface area contributed by atoms with Gasteiger partial charge >= 0.3 is 0 Å². The maximum atomic E-state index is 13.1. The Kier molecular flexibility index (Phi) is 4.22. The molecule has 0 aromatic heterocycles. The second-order valence-electron chi connectivity index (χ2n) is 3.91. The minimum atomic E-state index is -3.88. The summed E-state index contributed by atoms with van der Waals surface area (Å²) in [5, 5.41) is 0.260. The molecule has 8 heteroatoms. The fourth-order valence-corrected chi connectivity index (χ4v) is 3.17. The van der Waals surface area contributed by atoms with Crippen molar-refractivity contribution in [3.05, 3.63) is 51.7 Å². The minimum Gasteiger partial charge on any atom is -0.397 e. The molecule has 0 aliphatic heterocycles. The predicted octanol–water partition coefficient (Wildman–Crippen LogP) is 3.62. The van der Waals surface area contributed by atoms with E-state index in [1.807, 2.05) is 0 Å². The summed E-state index contributed by atoms with van der Waals surface area (Å²) in [5.74, 6) is -0.554. The molecule has 0 saturated heterocycles. The number of nitrogens with two attached hydrogens (primary N) is 1. The van der Waals surface area contributed by atoms with Crippen LogP contribution in [0.3, 0.4) is 0 Å². The Labute approximate surface area is 128 Å². The Morgan fingerprint density at radius 2 is 1.90 bits per heavy atom. The van der Waals surface area contributed by atoms with E-state index in [0.29, 0.717) is 4.47 Å². The molecule has 106 valence electrons. The molecule has 2 aromatic rings. The Balaban J connectivity index is 2.40. The highest BCUT2D eigenvalue weighted by Gasteiger charge is 2.17. The molecule has 3 N–H and O–H groups in total. The number of hydrogen-bond donors (Lipinski definition) is 2. The highest BCUT2D eigenvalue weighted by molar-refractivity contribution is 9.10. The molecule has 0 radical (unpaired) electrons. The first-order chi connectivity index (χ1) is 9.29. The van der Waals surface area contributed by atoms with E-state index in [-0.39, 0.29) is 21.3 Å². The quantitative estimate of drug-likeness (QED) is 0.800. The Hall–Kier alpha value is -1.31. The third-order valence-electron chi connectivity index (χ3n) is 2.45. The largest absolute Gasteiger partial charge is 0.397 e. The molecule has 0 bridgehead atoms. The van der Waals surface area contributed by atoms with Gasteiger partial charge in [-0.2, -0.15) is 0 Å². The number of anilines is 2. The van der Waals surface area contributed by atoms with Crippen LogP contribution in [0.25, 0.3) is 0 Å². The summed E-state index contributed by atoms with van der Waals surface area (Å²) >= 11 is 8.88. The summed E-state index contributed by atoms with van der Waals surface area (Å²) in [6.45, 7) is 0. The van der Waals surface area contributed by atoms with Crippen molar-refractivity contribution < 1.29 is 12.8 Å². The molecule has 2 rings (SSSR count). The van der Waals surface area contributed by atoms with Crippen molar-refractivity contribution >= 4 is 48.9 Å². The molecule has 4 nitrogen and oxygen atoms in total. The highest BCUT2D eigenvalue weighted by atomic mass is 79.9.